The van der Waals surface area contributed by atoms with E-state index in [4.69, 9.17) is 0 Å². The molecule has 0 saturated carbocycles. The standard InChI is InChI=1S/C30H30F3N9O2S/c1-5-40(6-2)16-27(43)37-29-34-13-26(45-29)24-15-42(39-38-24)25-9-20(8-7-18(25)3)28(44)36-22-10-21(30(31,32)33)11-23(12-22)41-14-19(4)35-17-41/h7-15,17H,5-6,16H2,1-4H3,(H,36,44)(H,34,37,43). The molecule has 5 rings (SSSR count). The van der Waals surface area contributed by atoms with Crippen molar-refractivity contribution in [3.05, 3.63) is 83.7 Å². The van der Waals surface area contributed by atoms with Crippen LogP contribution < -0.4 is 10.6 Å². The maximum absolute atomic E-state index is 13.7. The molecule has 0 aliphatic heterocycles. The molecule has 0 aliphatic carbocycles. The lowest BCUT2D eigenvalue weighted by Crippen LogP contribution is -2.32. The van der Waals surface area contributed by atoms with Gasteiger partial charge in [-0.25, -0.2) is 14.6 Å². The molecule has 15 heteroatoms. The summed E-state index contributed by atoms with van der Waals surface area (Å²) in [4.78, 5) is 36.6. The normalized spacial score (nSPS) is 11.6. The number of carbonyl (C=O) groups is 2. The molecule has 0 radical (unpaired) electrons. The van der Waals surface area contributed by atoms with Crippen LogP contribution in [0.4, 0.5) is 24.0 Å². The van der Waals surface area contributed by atoms with Crippen molar-refractivity contribution in [3.8, 4) is 21.9 Å². The van der Waals surface area contributed by atoms with Crippen LogP contribution in [-0.4, -0.2) is 65.9 Å². The van der Waals surface area contributed by atoms with Gasteiger partial charge in [-0.1, -0.05) is 36.5 Å². The number of hydrogen-bond acceptors (Lipinski definition) is 8. The van der Waals surface area contributed by atoms with Crippen molar-refractivity contribution in [2.45, 2.75) is 33.9 Å². The van der Waals surface area contributed by atoms with Crippen molar-refractivity contribution in [2.75, 3.05) is 30.3 Å². The van der Waals surface area contributed by atoms with E-state index in [2.05, 4.69) is 30.9 Å². The zero-order chi connectivity index (χ0) is 32.3. The minimum Gasteiger partial charge on any atom is -0.322 e. The second kappa shape index (κ2) is 13.0. The number of alkyl halides is 3. The number of aromatic nitrogens is 6. The predicted octanol–water partition coefficient (Wildman–Crippen LogP) is 5.74. The van der Waals surface area contributed by atoms with Gasteiger partial charge in [-0.2, -0.15) is 13.2 Å². The minimum atomic E-state index is -4.62. The number of imidazole rings is 1. The molecular formula is C30H30F3N9O2S. The van der Waals surface area contributed by atoms with Gasteiger partial charge in [0.15, 0.2) is 5.13 Å². The van der Waals surface area contributed by atoms with Gasteiger partial charge in [0.25, 0.3) is 5.91 Å². The Kier molecular flexibility index (Phi) is 9.11. The molecule has 45 heavy (non-hydrogen) atoms. The number of nitrogens with zero attached hydrogens (tertiary/aromatic N) is 7. The van der Waals surface area contributed by atoms with Crippen molar-refractivity contribution in [3.63, 3.8) is 0 Å². The number of benzene rings is 2. The molecule has 11 nitrogen and oxygen atoms in total. The molecule has 0 bridgehead atoms. The highest BCUT2D eigenvalue weighted by atomic mass is 32.1. The summed E-state index contributed by atoms with van der Waals surface area (Å²) in [5.41, 5.74) is 1.97. The Hall–Kier alpha value is -4.89. The van der Waals surface area contributed by atoms with Crippen LogP contribution in [0.1, 0.15) is 41.0 Å². The fourth-order valence-corrected chi connectivity index (χ4v) is 5.30. The fourth-order valence-electron chi connectivity index (χ4n) is 4.51. The van der Waals surface area contributed by atoms with E-state index in [1.54, 1.807) is 43.7 Å². The molecule has 3 heterocycles. The first-order chi connectivity index (χ1) is 21.4. The Morgan fingerprint density at radius 1 is 1.00 bits per heavy atom. The smallest absolute Gasteiger partial charge is 0.322 e. The second-order valence-corrected chi connectivity index (χ2v) is 11.3. The number of anilines is 2. The first kappa shape index (κ1) is 31.5. The van der Waals surface area contributed by atoms with E-state index in [1.807, 2.05) is 25.7 Å². The van der Waals surface area contributed by atoms with Gasteiger partial charge in [-0.15, -0.1) is 5.10 Å². The molecule has 3 aromatic heterocycles. The van der Waals surface area contributed by atoms with E-state index in [1.165, 1.54) is 33.0 Å². The monoisotopic (exact) mass is 637 g/mol. The van der Waals surface area contributed by atoms with Crippen molar-refractivity contribution in [1.29, 1.82) is 0 Å². The lowest BCUT2D eigenvalue weighted by Gasteiger charge is -2.16. The van der Waals surface area contributed by atoms with Crippen LogP contribution in [0.3, 0.4) is 0 Å². The Balaban J connectivity index is 1.35. The van der Waals surface area contributed by atoms with Crippen LogP contribution in [-0.2, 0) is 11.0 Å². The molecule has 2 amide bonds. The van der Waals surface area contributed by atoms with E-state index < -0.39 is 17.6 Å². The summed E-state index contributed by atoms with van der Waals surface area (Å²) in [6, 6.07) is 8.21. The summed E-state index contributed by atoms with van der Waals surface area (Å²) in [6.45, 7) is 9.32. The molecule has 2 aromatic carbocycles. The molecule has 0 aliphatic rings. The van der Waals surface area contributed by atoms with Crippen molar-refractivity contribution >= 4 is 34.0 Å². The highest BCUT2D eigenvalue weighted by Crippen LogP contribution is 2.33. The van der Waals surface area contributed by atoms with Crippen LogP contribution in [0, 0.1) is 13.8 Å². The Labute approximate surface area is 260 Å². The highest BCUT2D eigenvalue weighted by molar-refractivity contribution is 7.19. The number of halogens is 3. The molecule has 0 saturated heterocycles. The number of rotatable bonds is 10. The van der Waals surface area contributed by atoms with Gasteiger partial charge < -0.3 is 15.2 Å². The van der Waals surface area contributed by atoms with Crippen LogP contribution in [0.2, 0.25) is 0 Å². The Bertz CT molecular complexity index is 1840. The summed E-state index contributed by atoms with van der Waals surface area (Å²) in [7, 11) is 0. The minimum absolute atomic E-state index is 0.0217. The third-order valence-electron chi connectivity index (χ3n) is 6.99. The molecule has 234 valence electrons. The van der Waals surface area contributed by atoms with Gasteiger partial charge in [0.1, 0.15) is 5.69 Å². The number of aryl methyl sites for hydroxylation is 2. The summed E-state index contributed by atoms with van der Waals surface area (Å²) in [5, 5.41) is 14.3. The molecule has 0 unspecified atom stereocenters. The first-order valence-electron chi connectivity index (χ1n) is 14.0. The van der Waals surface area contributed by atoms with Crippen molar-refractivity contribution < 1.29 is 22.8 Å². The Morgan fingerprint density at radius 2 is 1.78 bits per heavy atom. The number of likely N-dealkylation sites (N-methyl/N-ethyl adjacent to an activating group) is 1. The van der Waals surface area contributed by atoms with Crippen LogP contribution in [0.25, 0.3) is 21.9 Å². The largest absolute Gasteiger partial charge is 0.416 e. The fraction of sp³-hybridized carbons (Fsp3) is 0.267. The number of thiazole rings is 1. The molecule has 0 atom stereocenters. The van der Waals surface area contributed by atoms with E-state index in [9.17, 15) is 22.8 Å². The van der Waals surface area contributed by atoms with Gasteiger partial charge in [-0.05, 0) is 62.8 Å². The SMILES string of the molecule is CCN(CC)CC(=O)Nc1ncc(-c2cn(-c3cc(C(=O)Nc4cc(-n5cnc(C)c5)cc(C(F)(F)F)c4)ccc3C)nn2)s1. The summed E-state index contributed by atoms with van der Waals surface area (Å²) < 4.78 is 44.0. The third kappa shape index (κ3) is 7.44. The average Bonchev–Trinajstić information content (AvgIpc) is 3.77. The van der Waals surface area contributed by atoms with Gasteiger partial charge in [-0.3, -0.25) is 14.5 Å². The zero-order valence-electron chi connectivity index (χ0n) is 24.9. The Morgan fingerprint density at radius 3 is 2.47 bits per heavy atom. The van der Waals surface area contributed by atoms with E-state index in [-0.39, 0.29) is 29.4 Å². The van der Waals surface area contributed by atoms with Crippen molar-refractivity contribution in [1.82, 2.24) is 34.4 Å². The van der Waals surface area contributed by atoms with Crippen molar-refractivity contribution in [2.24, 2.45) is 0 Å². The van der Waals surface area contributed by atoms with Crippen LogP contribution in [0.15, 0.2) is 61.3 Å². The molecule has 0 spiro atoms. The van der Waals surface area contributed by atoms with Crippen LogP contribution in [0.5, 0.6) is 0 Å². The summed E-state index contributed by atoms with van der Waals surface area (Å²) in [5.74, 6) is -0.761. The second-order valence-electron chi connectivity index (χ2n) is 10.2. The number of carbonyl (C=O) groups excluding carboxylic acids is 2. The van der Waals surface area contributed by atoms with Gasteiger partial charge in [0.2, 0.25) is 5.91 Å². The molecule has 2 N–H and O–H groups in total. The molecule has 0 fully saturated rings. The lowest BCUT2D eigenvalue weighted by atomic mass is 10.1. The van der Waals surface area contributed by atoms with E-state index in [0.29, 0.717) is 27.1 Å². The number of amides is 2. The molecular weight excluding hydrogens is 607 g/mol. The topological polar surface area (TPSA) is 123 Å². The quantitative estimate of drug-likeness (QED) is 0.200. The third-order valence-corrected chi connectivity index (χ3v) is 7.93. The van der Waals surface area contributed by atoms with Gasteiger partial charge >= 0.3 is 6.18 Å². The zero-order valence-corrected chi connectivity index (χ0v) is 25.7. The lowest BCUT2D eigenvalue weighted by molar-refractivity contribution is -0.137. The predicted molar refractivity (Wildman–Crippen MR) is 165 cm³/mol. The highest BCUT2D eigenvalue weighted by Gasteiger charge is 2.31. The van der Waals surface area contributed by atoms with E-state index >= 15 is 0 Å². The maximum Gasteiger partial charge on any atom is 0.416 e. The number of nitrogens with one attached hydrogen (secondary N) is 2. The van der Waals surface area contributed by atoms with Gasteiger partial charge in [0, 0.05) is 29.3 Å². The molecule has 5 aromatic rings. The maximum atomic E-state index is 13.7. The van der Waals surface area contributed by atoms with E-state index in [0.717, 1.165) is 30.8 Å². The first-order valence-corrected chi connectivity index (χ1v) is 14.8. The average molecular weight is 638 g/mol. The van der Waals surface area contributed by atoms with Gasteiger partial charge in [0.05, 0.1) is 40.9 Å². The summed E-state index contributed by atoms with van der Waals surface area (Å²) in [6.07, 6.45) is 1.65. The number of hydrogen-bond donors (Lipinski definition) is 2. The van der Waals surface area contributed by atoms with Crippen LogP contribution >= 0.6 is 11.3 Å². The summed E-state index contributed by atoms with van der Waals surface area (Å²) >= 11 is 1.25.